The molecule has 0 aromatic heterocycles. The van der Waals surface area contributed by atoms with E-state index in [4.69, 9.17) is 10.6 Å². The number of amides is 1. The minimum absolute atomic E-state index is 0.0398. The van der Waals surface area contributed by atoms with Gasteiger partial charge in [-0.1, -0.05) is 32.9 Å². The van der Waals surface area contributed by atoms with Crippen molar-refractivity contribution in [3.05, 3.63) is 29.8 Å². The molecule has 94 valence electrons. The summed E-state index contributed by atoms with van der Waals surface area (Å²) < 4.78 is 5.33. The number of carbonyl (C=O) groups is 1. The highest BCUT2D eigenvalue weighted by molar-refractivity contribution is 5.76. The number of hydrogen-bond acceptors (Lipinski definition) is 3. The third kappa shape index (κ3) is 4.07. The van der Waals surface area contributed by atoms with Crippen LogP contribution in [0.2, 0.25) is 0 Å². The summed E-state index contributed by atoms with van der Waals surface area (Å²) in [5, 5.41) is 1.02. The molecule has 1 rings (SSSR count). The van der Waals surface area contributed by atoms with Crippen LogP contribution in [-0.2, 0) is 10.2 Å². The summed E-state index contributed by atoms with van der Waals surface area (Å²) in [7, 11) is 1.49. The summed E-state index contributed by atoms with van der Waals surface area (Å²) in [6.45, 7) is 6.41. The summed E-state index contributed by atoms with van der Waals surface area (Å²) in [4.78, 5) is 11.2. The molecule has 0 aliphatic carbocycles. The first-order valence-corrected chi connectivity index (χ1v) is 5.55. The molecule has 0 aliphatic rings. The molecular weight excluding hydrogens is 216 g/mol. The van der Waals surface area contributed by atoms with Crippen LogP contribution in [0.15, 0.2) is 24.3 Å². The van der Waals surface area contributed by atoms with Crippen LogP contribution >= 0.6 is 0 Å². The molecule has 4 nitrogen and oxygen atoms in total. The second-order valence-corrected chi connectivity index (χ2v) is 5.07. The SMILES string of the molecule is CN(N)C(=O)COc1ccc(C(C)(C)C)cc1. The van der Waals surface area contributed by atoms with Gasteiger partial charge in [0, 0.05) is 7.05 Å². The van der Waals surface area contributed by atoms with Crippen molar-refractivity contribution in [1.29, 1.82) is 0 Å². The highest BCUT2D eigenvalue weighted by Crippen LogP contribution is 2.24. The molecule has 1 amide bonds. The Hall–Kier alpha value is -1.55. The number of carbonyl (C=O) groups excluding carboxylic acids is 1. The first-order chi connectivity index (χ1) is 7.80. The van der Waals surface area contributed by atoms with Gasteiger partial charge in [-0.05, 0) is 23.1 Å². The first-order valence-electron chi connectivity index (χ1n) is 5.55. The van der Waals surface area contributed by atoms with Crippen LogP contribution in [0, 0.1) is 0 Å². The lowest BCUT2D eigenvalue weighted by atomic mass is 9.87. The zero-order valence-corrected chi connectivity index (χ0v) is 10.9. The second-order valence-electron chi connectivity index (χ2n) is 5.07. The number of nitrogens with two attached hydrogens (primary N) is 1. The zero-order chi connectivity index (χ0) is 13.1. The molecule has 0 unspecified atom stereocenters. The fourth-order valence-corrected chi connectivity index (χ4v) is 1.30. The molecular formula is C13H20N2O2. The molecule has 0 spiro atoms. The summed E-state index contributed by atoms with van der Waals surface area (Å²) in [5.41, 5.74) is 1.35. The number of benzene rings is 1. The quantitative estimate of drug-likeness (QED) is 0.493. The van der Waals surface area contributed by atoms with Gasteiger partial charge in [0.15, 0.2) is 6.61 Å². The number of likely N-dealkylation sites (N-methyl/N-ethyl adjacent to an activating group) is 1. The van der Waals surface area contributed by atoms with E-state index in [1.807, 2.05) is 24.3 Å². The number of nitrogens with zero attached hydrogens (tertiary/aromatic N) is 1. The van der Waals surface area contributed by atoms with Crippen LogP contribution in [0.1, 0.15) is 26.3 Å². The molecule has 0 heterocycles. The van der Waals surface area contributed by atoms with Gasteiger partial charge in [0.05, 0.1) is 0 Å². The van der Waals surface area contributed by atoms with Crippen molar-refractivity contribution in [2.45, 2.75) is 26.2 Å². The lowest BCUT2D eigenvalue weighted by molar-refractivity contribution is -0.132. The molecule has 0 saturated carbocycles. The molecule has 0 bridgehead atoms. The Labute approximate surface area is 102 Å². The van der Waals surface area contributed by atoms with Gasteiger partial charge in [-0.2, -0.15) is 0 Å². The van der Waals surface area contributed by atoms with Crippen LogP contribution in [0.5, 0.6) is 5.75 Å². The first kappa shape index (κ1) is 13.5. The molecule has 1 aromatic rings. The number of ether oxygens (including phenoxy) is 1. The molecule has 1 aromatic carbocycles. The van der Waals surface area contributed by atoms with E-state index in [0.717, 1.165) is 5.01 Å². The largest absolute Gasteiger partial charge is 0.484 e. The minimum atomic E-state index is -0.259. The van der Waals surface area contributed by atoms with E-state index >= 15 is 0 Å². The van der Waals surface area contributed by atoms with Crippen molar-refractivity contribution in [3.8, 4) is 5.75 Å². The van der Waals surface area contributed by atoms with Gasteiger partial charge in [-0.3, -0.25) is 9.80 Å². The Morgan fingerprint density at radius 1 is 1.29 bits per heavy atom. The van der Waals surface area contributed by atoms with Crippen LogP contribution in [-0.4, -0.2) is 24.6 Å². The van der Waals surface area contributed by atoms with Gasteiger partial charge in [0.2, 0.25) is 0 Å². The summed E-state index contributed by atoms with van der Waals surface area (Å²) in [6, 6.07) is 7.74. The number of hydrazine groups is 1. The maximum atomic E-state index is 11.2. The Balaban J connectivity index is 2.61. The van der Waals surface area contributed by atoms with Gasteiger partial charge in [-0.15, -0.1) is 0 Å². The van der Waals surface area contributed by atoms with E-state index in [1.165, 1.54) is 12.6 Å². The van der Waals surface area contributed by atoms with E-state index < -0.39 is 0 Å². The molecule has 0 radical (unpaired) electrons. The van der Waals surface area contributed by atoms with E-state index in [-0.39, 0.29) is 17.9 Å². The van der Waals surface area contributed by atoms with Crippen molar-refractivity contribution < 1.29 is 9.53 Å². The molecule has 2 N–H and O–H groups in total. The van der Waals surface area contributed by atoms with E-state index in [0.29, 0.717) is 5.75 Å². The molecule has 0 saturated heterocycles. The van der Waals surface area contributed by atoms with Crippen LogP contribution in [0.4, 0.5) is 0 Å². The molecule has 0 fully saturated rings. The summed E-state index contributed by atoms with van der Waals surface area (Å²) >= 11 is 0. The Bertz CT molecular complexity index is 377. The lowest BCUT2D eigenvalue weighted by Gasteiger charge is -2.19. The fourth-order valence-electron chi connectivity index (χ4n) is 1.30. The van der Waals surface area contributed by atoms with E-state index in [9.17, 15) is 4.79 Å². The average molecular weight is 236 g/mol. The number of rotatable bonds is 3. The fraction of sp³-hybridized carbons (Fsp3) is 0.462. The Kier molecular flexibility index (Phi) is 4.12. The van der Waals surface area contributed by atoms with Gasteiger partial charge >= 0.3 is 0 Å². The standard InChI is InChI=1S/C13H20N2O2/c1-13(2,3)10-5-7-11(8-6-10)17-9-12(16)15(4)14/h5-8H,9,14H2,1-4H3. The predicted octanol–water partition coefficient (Wildman–Crippen LogP) is 1.70. The normalized spacial score (nSPS) is 11.1. The summed E-state index contributed by atoms with van der Waals surface area (Å²) in [6.07, 6.45) is 0. The zero-order valence-electron chi connectivity index (χ0n) is 10.9. The topological polar surface area (TPSA) is 55.6 Å². The van der Waals surface area contributed by atoms with Gasteiger partial charge in [0.25, 0.3) is 5.91 Å². The minimum Gasteiger partial charge on any atom is -0.484 e. The van der Waals surface area contributed by atoms with Crippen molar-refractivity contribution in [2.24, 2.45) is 5.84 Å². The van der Waals surface area contributed by atoms with Gasteiger partial charge < -0.3 is 4.74 Å². The predicted molar refractivity (Wildman–Crippen MR) is 67.6 cm³/mol. The highest BCUT2D eigenvalue weighted by atomic mass is 16.5. The lowest BCUT2D eigenvalue weighted by Crippen LogP contribution is -2.36. The molecule has 17 heavy (non-hydrogen) atoms. The highest BCUT2D eigenvalue weighted by Gasteiger charge is 2.13. The third-order valence-electron chi connectivity index (χ3n) is 2.48. The molecule has 4 heteroatoms. The van der Waals surface area contributed by atoms with Crippen LogP contribution in [0.3, 0.4) is 0 Å². The summed E-state index contributed by atoms with van der Waals surface area (Å²) in [5.74, 6) is 5.70. The van der Waals surface area contributed by atoms with Crippen molar-refractivity contribution in [2.75, 3.05) is 13.7 Å². The Morgan fingerprint density at radius 2 is 1.82 bits per heavy atom. The van der Waals surface area contributed by atoms with Crippen LogP contribution in [0.25, 0.3) is 0 Å². The maximum Gasteiger partial charge on any atom is 0.274 e. The van der Waals surface area contributed by atoms with Crippen molar-refractivity contribution in [1.82, 2.24) is 5.01 Å². The average Bonchev–Trinajstić information content (AvgIpc) is 2.25. The van der Waals surface area contributed by atoms with Gasteiger partial charge in [-0.25, -0.2) is 5.84 Å². The maximum absolute atomic E-state index is 11.2. The number of hydrogen-bond donors (Lipinski definition) is 1. The smallest absolute Gasteiger partial charge is 0.274 e. The molecule has 0 atom stereocenters. The van der Waals surface area contributed by atoms with Gasteiger partial charge in [0.1, 0.15) is 5.75 Å². The van der Waals surface area contributed by atoms with E-state index in [1.54, 1.807) is 0 Å². The third-order valence-corrected chi connectivity index (χ3v) is 2.48. The second kappa shape index (κ2) is 5.19. The molecule has 0 aliphatic heterocycles. The van der Waals surface area contributed by atoms with E-state index in [2.05, 4.69) is 20.8 Å². The Morgan fingerprint density at radius 3 is 2.24 bits per heavy atom. The van der Waals surface area contributed by atoms with Crippen molar-refractivity contribution >= 4 is 5.91 Å². The van der Waals surface area contributed by atoms with Crippen molar-refractivity contribution in [3.63, 3.8) is 0 Å². The monoisotopic (exact) mass is 236 g/mol. The van der Waals surface area contributed by atoms with Crippen LogP contribution < -0.4 is 10.6 Å².